The van der Waals surface area contributed by atoms with Gasteiger partial charge >= 0.3 is 0 Å². The van der Waals surface area contributed by atoms with Crippen LogP contribution in [0.5, 0.6) is 11.6 Å². The molecule has 0 N–H and O–H groups in total. The smallest absolute Gasteiger partial charge is 0.233 e. The fraction of sp³-hybridized carbons (Fsp3) is 0.435. The number of hydrogen-bond donors (Lipinski definition) is 0. The lowest BCUT2D eigenvalue weighted by molar-refractivity contribution is -0.134. The standard InChI is InChI=1S/C23H25FN6O2/c1-23(2,3)11-20(31)29-8-6-16(7-9-29)30-21-18(13-28-30)22(27-14-26-21)32-17-5-4-15(12-25)19(24)10-17/h4-5,10,13-14,16H,6-9,11H2,1-3H3. The van der Waals surface area contributed by atoms with Gasteiger partial charge in [0.05, 0.1) is 17.8 Å². The third kappa shape index (κ3) is 4.54. The van der Waals surface area contributed by atoms with E-state index >= 15 is 0 Å². The topological polar surface area (TPSA) is 96.9 Å². The van der Waals surface area contributed by atoms with E-state index in [4.69, 9.17) is 10.00 Å². The second-order valence-corrected chi connectivity index (χ2v) is 9.21. The zero-order valence-corrected chi connectivity index (χ0v) is 18.4. The maximum absolute atomic E-state index is 13.9. The minimum atomic E-state index is -0.654. The summed E-state index contributed by atoms with van der Waals surface area (Å²) in [6.45, 7) is 7.57. The predicted molar refractivity (Wildman–Crippen MR) is 115 cm³/mol. The summed E-state index contributed by atoms with van der Waals surface area (Å²) in [5.41, 5.74) is 0.547. The highest BCUT2D eigenvalue weighted by Gasteiger charge is 2.28. The van der Waals surface area contributed by atoms with Crippen molar-refractivity contribution in [3.8, 4) is 17.7 Å². The fourth-order valence-electron chi connectivity index (χ4n) is 3.88. The van der Waals surface area contributed by atoms with Crippen LogP contribution in [0, 0.1) is 22.6 Å². The number of halogens is 1. The first kappa shape index (κ1) is 21.7. The average Bonchev–Trinajstić information content (AvgIpc) is 3.18. The summed E-state index contributed by atoms with van der Waals surface area (Å²) >= 11 is 0. The summed E-state index contributed by atoms with van der Waals surface area (Å²) in [4.78, 5) is 23.0. The normalized spacial score (nSPS) is 15.0. The summed E-state index contributed by atoms with van der Waals surface area (Å²) in [7, 11) is 0. The number of rotatable bonds is 4. The van der Waals surface area contributed by atoms with Gasteiger partial charge < -0.3 is 9.64 Å². The molecule has 9 heteroatoms. The summed E-state index contributed by atoms with van der Waals surface area (Å²) in [6.07, 6.45) is 5.13. The van der Waals surface area contributed by atoms with Crippen molar-refractivity contribution in [2.75, 3.05) is 13.1 Å². The van der Waals surface area contributed by atoms with Gasteiger partial charge in [0.2, 0.25) is 11.8 Å². The van der Waals surface area contributed by atoms with E-state index in [-0.39, 0.29) is 34.6 Å². The van der Waals surface area contributed by atoms with Crippen molar-refractivity contribution in [2.45, 2.75) is 46.1 Å². The van der Waals surface area contributed by atoms with E-state index in [2.05, 4.69) is 35.8 Å². The lowest BCUT2D eigenvalue weighted by Crippen LogP contribution is -2.40. The first-order valence-electron chi connectivity index (χ1n) is 10.6. The second-order valence-electron chi connectivity index (χ2n) is 9.21. The highest BCUT2D eigenvalue weighted by Crippen LogP contribution is 2.31. The number of carbonyl (C=O) groups excluding carboxylic acids is 1. The Morgan fingerprint density at radius 3 is 2.69 bits per heavy atom. The zero-order valence-electron chi connectivity index (χ0n) is 18.4. The number of ether oxygens (including phenoxy) is 1. The minimum Gasteiger partial charge on any atom is -0.438 e. The Balaban J connectivity index is 1.50. The molecule has 0 unspecified atom stereocenters. The Bertz CT molecular complexity index is 1190. The first-order valence-corrected chi connectivity index (χ1v) is 10.6. The number of fused-ring (bicyclic) bond motifs is 1. The third-order valence-electron chi connectivity index (χ3n) is 5.47. The molecule has 1 saturated heterocycles. The van der Waals surface area contributed by atoms with Crippen LogP contribution >= 0.6 is 0 Å². The summed E-state index contributed by atoms with van der Waals surface area (Å²) in [5, 5.41) is 14.0. The zero-order chi connectivity index (χ0) is 22.9. The van der Waals surface area contributed by atoms with Gasteiger partial charge in [-0.05, 0) is 30.4 Å². The summed E-state index contributed by atoms with van der Waals surface area (Å²) in [6, 6.07) is 5.93. The summed E-state index contributed by atoms with van der Waals surface area (Å²) in [5.74, 6) is 0.0377. The molecule has 8 nitrogen and oxygen atoms in total. The van der Waals surface area contributed by atoms with Crippen LogP contribution in [-0.4, -0.2) is 43.6 Å². The summed E-state index contributed by atoms with van der Waals surface area (Å²) < 4.78 is 21.5. The van der Waals surface area contributed by atoms with Gasteiger partial charge in [0, 0.05) is 25.6 Å². The van der Waals surface area contributed by atoms with Gasteiger partial charge in [-0.1, -0.05) is 20.8 Å². The van der Waals surface area contributed by atoms with Crippen LogP contribution in [0.25, 0.3) is 11.0 Å². The Kier molecular flexibility index (Phi) is 5.78. The molecule has 3 heterocycles. The number of nitrogens with zero attached hydrogens (tertiary/aromatic N) is 6. The quantitative estimate of drug-likeness (QED) is 0.607. The van der Waals surface area contributed by atoms with Crippen molar-refractivity contribution >= 4 is 16.9 Å². The van der Waals surface area contributed by atoms with Gasteiger partial charge in [-0.25, -0.2) is 19.0 Å². The number of benzene rings is 1. The Morgan fingerprint density at radius 1 is 1.28 bits per heavy atom. The third-order valence-corrected chi connectivity index (χ3v) is 5.47. The molecule has 0 aliphatic carbocycles. The van der Waals surface area contributed by atoms with Crippen LogP contribution in [-0.2, 0) is 4.79 Å². The average molecular weight is 436 g/mol. The maximum Gasteiger partial charge on any atom is 0.233 e. The minimum absolute atomic E-state index is 0.0305. The van der Waals surface area contributed by atoms with E-state index < -0.39 is 5.82 Å². The van der Waals surface area contributed by atoms with Crippen molar-refractivity contribution < 1.29 is 13.9 Å². The van der Waals surface area contributed by atoms with Crippen LogP contribution in [0.4, 0.5) is 4.39 Å². The van der Waals surface area contributed by atoms with Crippen LogP contribution < -0.4 is 4.74 Å². The Hall–Kier alpha value is -3.54. The number of aromatic nitrogens is 4. The number of piperidine rings is 1. The SMILES string of the molecule is CC(C)(C)CC(=O)N1CCC(n2ncc3c(Oc4ccc(C#N)c(F)c4)ncnc32)CC1. The van der Waals surface area contributed by atoms with Crippen LogP contribution in [0.2, 0.25) is 0 Å². The van der Waals surface area contributed by atoms with Gasteiger partial charge in [-0.3, -0.25) is 4.79 Å². The van der Waals surface area contributed by atoms with Crippen molar-refractivity contribution in [1.82, 2.24) is 24.6 Å². The van der Waals surface area contributed by atoms with E-state index in [1.165, 1.54) is 18.5 Å². The lowest BCUT2D eigenvalue weighted by atomic mass is 9.91. The van der Waals surface area contributed by atoms with E-state index in [0.717, 1.165) is 18.9 Å². The molecule has 1 fully saturated rings. The molecule has 0 spiro atoms. The van der Waals surface area contributed by atoms with Crippen LogP contribution in [0.3, 0.4) is 0 Å². The molecule has 1 aromatic carbocycles. The molecule has 0 bridgehead atoms. The first-order chi connectivity index (χ1) is 15.2. The molecular weight excluding hydrogens is 411 g/mol. The molecule has 1 amide bonds. The molecule has 1 aliphatic rings. The van der Waals surface area contributed by atoms with Crippen molar-refractivity contribution in [2.24, 2.45) is 5.41 Å². The number of likely N-dealkylation sites (tertiary alicyclic amines) is 1. The Morgan fingerprint density at radius 2 is 2.03 bits per heavy atom. The van der Waals surface area contributed by atoms with Crippen LogP contribution in [0.15, 0.2) is 30.7 Å². The van der Waals surface area contributed by atoms with Gasteiger partial charge in [-0.15, -0.1) is 0 Å². The predicted octanol–water partition coefficient (Wildman–Crippen LogP) is 4.23. The van der Waals surface area contributed by atoms with E-state index in [1.54, 1.807) is 12.3 Å². The molecule has 3 aromatic rings. The van der Waals surface area contributed by atoms with Gasteiger partial charge in [-0.2, -0.15) is 10.4 Å². The highest BCUT2D eigenvalue weighted by atomic mass is 19.1. The van der Waals surface area contributed by atoms with E-state index in [1.807, 2.05) is 9.58 Å². The van der Waals surface area contributed by atoms with Gasteiger partial charge in [0.1, 0.15) is 29.3 Å². The number of amides is 1. The van der Waals surface area contributed by atoms with Crippen molar-refractivity contribution in [3.05, 3.63) is 42.1 Å². The molecular formula is C23H25FN6O2. The molecule has 1 aliphatic heterocycles. The molecule has 2 aromatic heterocycles. The molecule has 4 rings (SSSR count). The molecule has 0 radical (unpaired) electrons. The number of nitriles is 1. The van der Waals surface area contributed by atoms with E-state index in [0.29, 0.717) is 30.5 Å². The van der Waals surface area contributed by atoms with Crippen LogP contribution in [0.1, 0.15) is 51.6 Å². The lowest BCUT2D eigenvalue weighted by Gasteiger charge is -2.33. The Labute approximate surface area is 185 Å². The van der Waals surface area contributed by atoms with Crippen molar-refractivity contribution in [1.29, 1.82) is 5.26 Å². The van der Waals surface area contributed by atoms with E-state index in [9.17, 15) is 9.18 Å². The largest absolute Gasteiger partial charge is 0.438 e. The molecule has 166 valence electrons. The number of hydrogen-bond acceptors (Lipinski definition) is 6. The van der Waals surface area contributed by atoms with Gasteiger partial charge in [0.25, 0.3) is 0 Å². The molecule has 0 atom stereocenters. The maximum atomic E-state index is 13.9. The highest BCUT2D eigenvalue weighted by molar-refractivity contribution is 5.80. The van der Waals surface area contributed by atoms with Crippen molar-refractivity contribution in [3.63, 3.8) is 0 Å². The molecule has 0 saturated carbocycles. The second kappa shape index (κ2) is 8.54. The molecule has 32 heavy (non-hydrogen) atoms. The monoisotopic (exact) mass is 436 g/mol. The van der Waals surface area contributed by atoms with Gasteiger partial charge in [0.15, 0.2) is 5.65 Å². The number of carbonyl (C=O) groups is 1. The fourth-order valence-corrected chi connectivity index (χ4v) is 3.88.